The molecule has 0 unspecified atom stereocenters. The highest BCUT2D eigenvalue weighted by molar-refractivity contribution is 6.26. The van der Waals surface area contributed by atoms with Gasteiger partial charge in [-0.3, -0.25) is 14.4 Å². The maximum Gasteiger partial charge on any atom is 0.334 e. The summed E-state index contributed by atoms with van der Waals surface area (Å²) in [6, 6.07) is 0. The van der Waals surface area contributed by atoms with Gasteiger partial charge in [-0.1, -0.05) is 18.2 Å². The zero-order chi connectivity index (χ0) is 24.6. The number of rotatable bonds is 4. The van der Waals surface area contributed by atoms with Gasteiger partial charge in [-0.2, -0.15) is 0 Å². The summed E-state index contributed by atoms with van der Waals surface area (Å²) in [5, 5.41) is 10.8. The van der Waals surface area contributed by atoms with Crippen LogP contribution in [0.1, 0.15) is 47.5 Å². The second-order valence-electron chi connectivity index (χ2n) is 8.47. The first kappa shape index (κ1) is 24.6. The van der Waals surface area contributed by atoms with Gasteiger partial charge < -0.3 is 24.1 Å². The second kappa shape index (κ2) is 9.07. The Morgan fingerprint density at radius 1 is 1.24 bits per heavy atom. The Labute approximate surface area is 191 Å². The lowest BCUT2D eigenvalue weighted by Gasteiger charge is -2.49. The maximum atomic E-state index is 13.2. The van der Waals surface area contributed by atoms with Crippen molar-refractivity contribution in [2.75, 3.05) is 0 Å². The highest BCUT2D eigenvalue weighted by Gasteiger charge is 2.61. The van der Waals surface area contributed by atoms with Crippen molar-refractivity contribution < 1.29 is 43.2 Å². The molecule has 0 radical (unpaired) electrons. The molecule has 2 heterocycles. The Morgan fingerprint density at radius 3 is 2.58 bits per heavy atom. The molecule has 0 saturated carbocycles. The topological polar surface area (TPSA) is 125 Å². The molecule has 33 heavy (non-hydrogen) atoms. The molecule has 0 aromatic heterocycles. The predicted octanol–water partition coefficient (Wildman–Crippen LogP) is 1.99. The molecule has 9 nitrogen and oxygen atoms in total. The van der Waals surface area contributed by atoms with Crippen LogP contribution < -0.4 is 0 Å². The highest BCUT2D eigenvalue weighted by Crippen LogP contribution is 2.45. The van der Waals surface area contributed by atoms with Crippen LogP contribution in [0.3, 0.4) is 0 Å². The van der Waals surface area contributed by atoms with Crippen molar-refractivity contribution in [2.24, 2.45) is 0 Å². The molecule has 1 aliphatic carbocycles. The lowest BCUT2D eigenvalue weighted by atomic mass is 9.75. The van der Waals surface area contributed by atoms with E-state index in [1.807, 2.05) is 0 Å². The van der Waals surface area contributed by atoms with E-state index in [0.717, 1.165) is 19.3 Å². The number of hydrogen-bond acceptors (Lipinski definition) is 9. The first-order chi connectivity index (χ1) is 15.5. The number of ether oxygens (including phenoxy) is 4. The van der Waals surface area contributed by atoms with Crippen LogP contribution in [0.25, 0.3) is 0 Å². The van der Waals surface area contributed by atoms with E-state index >= 15 is 0 Å². The highest BCUT2D eigenvalue weighted by atomic mass is 16.7. The molecule has 0 aromatic carbocycles. The first-order valence-electron chi connectivity index (χ1n) is 10.7. The van der Waals surface area contributed by atoms with Crippen molar-refractivity contribution in [2.45, 2.75) is 77.2 Å². The molecule has 0 aromatic rings. The van der Waals surface area contributed by atoms with Crippen LogP contribution in [0, 0.1) is 0 Å². The molecule has 1 N–H and O–H groups in total. The van der Waals surface area contributed by atoms with Crippen molar-refractivity contribution in [3.63, 3.8) is 0 Å². The number of carbonyl (C=O) groups excluding carboxylic acids is 4. The van der Waals surface area contributed by atoms with E-state index in [2.05, 4.69) is 0 Å². The van der Waals surface area contributed by atoms with E-state index in [1.165, 1.54) is 6.92 Å². The molecule has 1 spiro atoms. The summed E-state index contributed by atoms with van der Waals surface area (Å²) in [7, 11) is 0. The normalized spacial score (nSPS) is 34.4. The second-order valence-corrected chi connectivity index (χ2v) is 8.47. The van der Waals surface area contributed by atoms with Gasteiger partial charge in [-0.05, 0) is 46.6 Å². The molecule has 0 amide bonds. The van der Waals surface area contributed by atoms with Gasteiger partial charge in [0.2, 0.25) is 17.2 Å². The van der Waals surface area contributed by atoms with Crippen molar-refractivity contribution in [3.05, 3.63) is 47.3 Å². The standard InChI is InChI=1S/C24H28O9/c1-6-7-8-13(2)22(29)31-21-16-11-19(27)23(5,33-15(4)25)20(28)17(16)12-30-24(21)18(26)10-9-14(3)32-24/h6-8,11-12,14,18,21,26H,9-10H2,1-5H3/b7-6+,13-8+/t14-,18+,21-,23-,24-/m0/s1. The summed E-state index contributed by atoms with van der Waals surface area (Å²) in [5.41, 5.74) is -1.92. The minimum absolute atomic E-state index is 0.0150. The van der Waals surface area contributed by atoms with E-state index in [0.29, 0.717) is 6.42 Å². The number of hydrogen-bond donors (Lipinski definition) is 1. The third-order valence-corrected chi connectivity index (χ3v) is 5.88. The van der Waals surface area contributed by atoms with Crippen LogP contribution in [-0.4, -0.2) is 58.3 Å². The Morgan fingerprint density at radius 2 is 1.94 bits per heavy atom. The van der Waals surface area contributed by atoms with E-state index in [9.17, 15) is 24.3 Å². The molecule has 5 atom stereocenters. The Balaban J connectivity index is 2.11. The average molecular weight is 460 g/mol. The molecule has 0 bridgehead atoms. The van der Waals surface area contributed by atoms with E-state index in [1.54, 1.807) is 39.0 Å². The zero-order valence-electron chi connectivity index (χ0n) is 19.2. The van der Waals surface area contributed by atoms with E-state index in [-0.39, 0.29) is 29.2 Å². The van der Waals surface area contributed by atoms with Gasteiger partial charge >= 0.3 is 11.9 Å². The monoisotopic (exact) mass is 460 g/mol. The van der Waals surface area contributed by atoms with Crippen molar-refractivity contribution in [1.82, 2.24) is 0 Å². The Kier molecular flexibility index (Phi) is 6.76. The van der Waals surface area contributed by atoms with Gasteiger partial charge in [0.15, 0.2) is 6.10 Å². The quantitative estimate of drug-likeness (QED) is 0.290. The van der Waals surface area contributed by atoms with Crippen molar-refractivity contribution >= 4 is 23.5 Å². The number of esters is 2. The minimum atomic E-state index is -2.08. The number of allylic oxidation sites excluding steroid dienone is 3. The van der Waals surface area contributed by atoms with Crippen LogP contribution in [0.4, 0.5) is 0 Å². The summed E-state index contributed by atoms with van der Waals surface area (Å²) in [5.74, 6) is -5.02. The number of fused-ring (bicyclic) bond motifs is 1. The molecule has 2 aliphatic heterocycles. The van der Waals surface area contributed by atoms with Gasteiger partial charge in [0.1, 0.15) is 6.10 Å². The smallest absolute Gasteiger partial charge is 0.334 e. The van der Waals surface area contributed by atoms with Gasteiger partial charge in [-0.15, -0.1) is 0 Å². The number of aliphatic hydroxyl groups is 1. The average Bonchev–Trinajstić information content (AvgIpc) is 2.75. The maximum absolute atomic E-state index is 13.2. The lowest BCUT2D eigenvalue weighted by molar-refractivity contribution is -0.332. The molecule has 3 rings (SSSR count). The third kappa shape index (κ3) is 4.30. The number of ketones is 2. The molecule has 9 heteroatoms. The number of Topliss-reactive ketones (excluding diaryl/α,β-unsaturated/α-hetero) is 1. The minimum Gasteiger partial charge on any atom is -0.462 e. The third-order valence-electron chi connectivity index (χ3n) is 5.88. The summed E-state index contributed by atoms with van der Waals surface area (Å²) in [6.07, 6.45) is 4.90. The van der Waals surface area contributed by atoms with Crippen LogP contribution in [0.5, 0.6) is 0 Å². The summed E-state index contributed by atoms with van der Waals surface area (Å²) >= 11 is 0. The predicted molar refractivity (Wildman–Crippen MR) is 114 cm³/mol. The molecular formula is C24H28O9. The van der Waals surface area contributed by atoms with Crippen molar-refractivity contribution in [1.29, 1.82) is 0 Å². The number of carbonyl (C=O) groups is 4. The van der Waals surface area contributed by atoms with Crippen LogP contribution >= 0.6 is 0 Å². The van der Waals surface area contributed by atoms with Gasteiger partial charge in [0.05, 0.1) is 17.9 Å². The number of aliphatic hydroxyl groups excluding tert-OH is 1. The van der Waals surface area contributed by atoms with Crippen LogP contribution in [0.15, 0.2) is 47.3 Å². The molecular weight excluding hydrogens is 432 g/mol. The SMILES string of the molecule is C/C=C/C=C(\C)C(=O)O[C@H]1C2=CC(=O)[C@](C)(OC(C)=O)C(=O)C2=CO[C@@]12O[C@@H](C)CC[C@H]2O. The summed E-state index contributed by atoms with van der Waals surface area (Å²) < 4.78 is 22.5. The lowest BCUT2D eigenvalue weighted by Crippen LogP contribution is -2.64. The van der Waals surface area contributed by atoms with Crippen molar-refractivity contribution in [3.8, 4) is 0 Å². The first-order valence-corrected chi connectivity index (χ1v) is 10.7. The fourth-order valence-electron chi connectivity index (χ4n) is 4.05. The van der Waals surface area contributed by atoms with Crippen LogP contribution in [-0.2, 0) is 38.1 Å². The van der Waals surface area contributed by atoms with Gasteiger partial charge in [0.25, 0.3) is 5.79 Å². The summed E-state index contributed by atoms with van der Waals surface area (Å²) in [6.45, 7) is 7.38. The molecule has 178 valence electrons. The fraction of sp³-hybridized carbons (Fsp3) is 0.500. The molecule has 3 aliphatic rings. The largest absolute Gasteiger partial charge is 0.462 e. The molecule has 1 saturated heterocycles. The van der Waals surface area contributed by atoms with E-state index < -0.39 is 47.1 Å². The fourth-order valence-corrected chi connectivity index (χ4v) is 4.05. The molecule has 1 fully saturated rings. The zero-order valence-corrected chi connectivity index (χ0v) is 19.2. The Bertz CT molecular complexity index is 1000. The summed E-state index contributed by atoms with van der Waals surface area (Å²) in [4.78, 5) is 50.5. The van der Waals surface area contributed by atoms with Gasteiger partial charge in [0, 0.05) is 18.1 Å². The van der Waals surface area contributed by atoms with Crippen LogP contribution in [0.2, 0.25) is 0 Å². The van der Waals surface area contributed by atoms with Gasteiger partial charge in [-0.25, -0.2) is 4.79 Å². The van der Waals surface area contributed by atoms with E-state index in [4.69, 9.17) is 18.9 Å². The Hall–Kier alpha value is -3.04.